The van der Waals surface area contributed by atoms with Gasteiger partial charge in [-0.1, -0.05) is 36.4 Å². The van der Waals surface area contributed by atoms with Gasteiger partial charge in [0.25, 0.3) is 0 Å². The molecule has 0 atom stereocenters. The number of azo groups is 1. The maximum Gasteiger partial charge on any atom is 0.239 e. The number of primary sulfonamides is 1. The molecule has 8 nitrogen and oxygen atoms in total. The van der Waals surface area contributed by atoms with E-state index in [-0.39, 0.29) is 11.6 Å². The van der Waals surface area contributed by atoms with Crippen molar-refractivity contribution >= 4 is 15.9 Å². The van der Waals surface area contributed by atoms with Gasteiger partial charge in [-0.05, 0) is 79.5 Å². The van der Waals surface area contributed by atoms with E-state index in [1.54, 1.807) is 0 Å². The number of amidine groups is 1. The number of rotatable bonds is 6. The Morgan fingerprint density at radius 3 is 2.34 bits per heavy atom. The fraction of sp³-hybridized carbons (Fsp3) is 0.435. The molecule has 32 heavy (non-hydrogen) atoms. The summed E-state index contributed by atoms with van der Waals surface area (Å²) in [6.45, 7) is 4.03. The molecular weight excluding hydrogens is 424 g/mol. The molecule has 3 heterocycles. The van der Waals surface area contributed by atoms with E-state index in [4.69, 9.17) is 5.14 Å². The molecule has 0 bridgehead atoms. The van der Waals surface area contributed by atoms with Crippen LogP contribution in [-0.4, -0.2) is 47.1 Å². The lowest BCUT2D eigenvalue weighted by Gasteiger charge is -2.28. The third kappa shape index (κ3) is 4.25. The zero-order valence-electron chi connectivity index (χ0n) is 17.9. The summed E-state index contributed by atoms with van der Waals surface area (Å²) in [6, 6.07) is 12.3. The van der Waals surface area contributed by atoms with Crippen LogP contribution < -0.4 is 15.8 Å². The van der Waals surface area contributed by atoms with Crippen LogP contribution in [0.25, 0.3) is 11.1 Å². The Balaban J connectivity index is 1.61. The van der Waals surface area contributed by atoms with Crippen LogP contribution in [0, 0.1) is 5.92 Å². The standard InChI is InChI=1S/C23H28N6O2S/c24-32(30,31)22-19(11-15-12-26-13-15)5-6-20(21(22)23-27-14-28-29-23)18-3-1-16(2-4-18)17-7-9-25-10-8-17/h1-6,15,17,25-26H,7-14H2,(H2,24,30,31). The summed E-state index contributed by atoms with van der Waals surface area (Å²) >= 11 is 0. The minimum absolute atomic E-state index is 0.129. The van der Waals surface area contributed by atoms with Gasteiger partial charge in [-0.2, -0.15) is 5.11 Å². The van der Waals surface area contributed by atoms with Crippen molar-refractivity contribution in [3.05, 3.63) is 53.1 Å². The van der Waals surface area contributed by atoms with Crippen LogP contribution in [0.5, 0.6) is 0 Å². The van der Waals surface area contributed by atoms with Crippen LogP contribution >= 0.6 is 0 Å². The largest absolute Gasteiger partial charge is 0.317 e. The van der Waals surface area contributed by atoms with Gasteiger partial charge < -0.3 is 10.6 Å². The summed E-state index contributed by atoms with van der Waals surface area (Å²) in [7, 11) is -4.00. The normalized spacial score (nSPS) is 19.7. The first-order valence-corrected chi connectivity index (χ1v) is 12.7. The molecule has 9 heteroatoms. The molecule has 2 aromatic carbocycles. The monoisotopic (exact) mass is 452 g/mol. The van der Waals surface area contributed by atoms with Gasteiger partial charge in [0.1, 0.15) is 0 Å². The van der Waals surface area contributed by atoms with Crippen LogP contribution in [-0.2, 0) is 16.4 Å². The molecule has 2 fully saturated rings. The summed E-state index contributed by atoms with van der Waals surface area (Å²) in [5, 5.41) is 20.5. The van der Waals surface area contributed by atoms with Crippen molar-refractivity contribution < 1.29 is 8.42 Å². The van der Waals surface area contributed by atoms with Crippen molar-refractivity contribution in [3.63, 3.8) is 0 Å². The van der Waals surface area contributed by atoms with Gasteiger partial charge in [-0.3, -0.25) is 0 Å². The van der Waals surface area contributed by atoms with E-state index in [2.05, 4.69) is 50.1 Å². The number of nitrogens with zero attached hydrogens (tertiary/aromatic N) is 3. The number of sulfonamides is 1. The maximum absolute atomic E-state index is 12.8. The highest BCUT2D eigenvalue weighted by Gasteiger charge is 2.29. The SMILES string of the molecule is NS(=O)(=O)c1c(CC2CNC2)ccc(-c2ccc(C3CCNCC3)cc2)c1C1=NCN=N1. The topological polar surface area (TPSA) is 121 Å². The molecule has 3 aliphatic rings. The molecule has 0 unspecified atom stereocenters. The predicted octanol–water partition coefficient (Wildman–Crippen LogP) is 2.40. The lowest BCUT2D eigenvalue weighted by molar-refractivity contribution is 0.345. The van der Waals surface area contributed by atoms with Crippen LogP contribution in [0.4, 0.5) is 0 Å². The number of piperidine rings is 1. The van der Waals surface area contributed by atoms with E-state index in [1.165, 1.54) is 5.56 Å². The average molecular weight is 453 g/mol. The Kier molecular flexibility index (Phi) is 5.90. The molecule has 2 aromatic rings. The van der Waals surface area contributed by atoms with Gasteiger partial charge in [0.15, 0.2) is 12.5 Å². The van der Waals surface area contributed by atoms with E-state index in [1.807, 2.05) is 12.1 Å². The minimum atomic E-state index is -4.00. The first kappa shape index (κ1) is 21.4. The summed E-state index contributed by atoms with van der Waals surface area (Å²) in [4.78, 5) is 4.48. The average Bonchev–Trinajstić information content (AvgIpc) is 3.30. The van der Waals surface area contributed by atoms with E-state index in [0.29, 0.717) is 35.2 Å². The van der Waals surface area contributed by atoms with Crippen molar-refractivity contribution in [2.24, 2.45) is 26.3 Å². The highest BCUT2D eigenvalue weighted by molar-refractivity contribution is 7.89. The maximum atomic E-state index is 12.8. The highest BCUT2D eigenvalue weighted by Crippen LogP contribution is 2.35. The van der Waals surface area contributed by atoms with Crippen molar-refractivity contribution in [2.45, 2.75) is 30.1 Å². The zero-order valence-corrected chi connectivity index (χ0v) is 18.7. The van der Waals surface area contributed by atoms with Gasteiger partial charge >= 0.3 is 0 Å². The molecule has 0 radical (unpaired) electrons. The van der Waals surface area contributed by atoms with Crippen LogP contribution in [0.2, 0.25) is 0 Å². The minimum Gasteiger partial charge on any atom is -0.317 e. The second kappa shape index (κ2) is 8.82. The molecule has 0 amide bonds. The molecule has 0 saturated carbocycles. The van der Waals surface area contributed by atoms with Gasteiger partial charge in [0, 0.05) is 5.56 Å². The Bertz CT molecular complexity index is 1160. The summed E-state index contributed by atoms with van der Waals surface area (Å²) in [6.07, 6.45) is 2.90. The molecule has 168 valence electrons. The fourth-order valence-electron chi connectivity index (χ4n) is 4.83. The number of nitrogens with two attached hydrogens (primary N) is 1. The fourth-order valence-corrected chi connectivity index (χ4v) is 5.83. The smallest absolute Gasteiger partial charge is 0.239 e. The highest BCUT2D eigenvalue weighted by atomic mass is 32.2. The van der Waals surface area contributed by atoms with Crippen LogP contribution in [0.15, 0.2) is 56.5 Å². The van der Waals surface area contributed by atoms with E-state index < -0.39 is 10.0 Å². The second-order valence-electron chi connectivity index (χ2n) is 8.76. The summed E-state index contributed by atoms with van der Waals surface area (Å²) in [5.41, 5.74) is 4.18. The van der Waals surface area contributed by atoms with Crippen molar-refractivity contribution in [1.82, 2.24) is 10.6 Å². The van der Waals surface area contributed by atoms with Gasteiger partial charge in [0.2, 0.25) is 10.0 Å². The van der Waals surface area contributed by atoms with Gasteiger partial charge in [-0.15, -0.1) is 5.11 Å². The zero-order chi connectivity index (χ0) is 22.1. The molecule has 0 aliphatic carbocycles. The van der Waals surface area contributed by atoms with Crippen LogP contribution in [0.3, 0.4) is 0 Å². The molecule has 2 saturated heterocycles. The molecule has 3 aliphatic heterocycles. The quantitative estimate of drug-likeness (QED) is 0.623. The second-order valence-corrected chi connectivity index (χ2v) is 10.3. The molecule has 0 spiro atoms. The lowest BCUT2D eigenvalue weighted by atomic mass is 9.87. The summed E-state index contributed by atoms with van der Waals surface area (Å²) < 4.78 is 25.6. The Morgan fingerprint density at radius 1 is 1.00 bits per heavy atom. The predicted molar refractivity (Wildman–Crippen MR) is 124 cm³/mol. The van der Waals surface area contributed by atoms with E-state index in [0.717, 1.165) is 50.1 Å². The number of aliphatic imine (C=N–C) groups is 1. The Hall–Kier alpha value is -2.46. The van der Waals surface area contributed by atoms with E-state index in [9.17, 15) is 8.42 Å². The van der Waals surface area contributed by atoms with Crippen LogP contribution in [0.1, 0.15) is 35.4 Å². The Labute approximate surface area is 188 Å². The van der Waals surface area contributed by atoms with Crippen molar-refractivity contribution in [2.75, 3.05) is 32.8 Å². The Morgan fingerprint density at radius 2 is 1.75 bits per heavy atom. The van der Waals surface area contributed by atoms with Crippen molar-refractivity contribution in [3.8, 4) is 11.1 Å². The number of nitrogens with one attached hydrogen (secondary N) is 2. The first-order chi connectivity index (χ1) is 15.5. The molecule has 5 rings (SSSR count). The number of benzene rings is 2. The third-order valence-corrected chi connectivity index (χ3v) is 7.64. The molecular formula is C23H28N6O2S. The summed E-state index contributed by atoms with van der Waals surface area (Å²) in [5.74, 6) is 1.28. The van der Waals surface area contributed by atoms with Gasteiger partial charge in [0.05, 0.1) is 4.90 Å². The number of hydrogen-bond acceptors (Lipinski definition) is 7. The number of hydrogen-bond donors (Lipinski definition) is 3. The lowest BCUT2D eigenvalue weighted by Crippen LogP contribution is -2.43. The van der Waals surface area contributed by atoms with E-state index >= 15 is 0 Å². The first-order valence-electron chi connectivity index (χ1n) is 11.1. The third-order valence-electron chi connectivity index (χ3n) is 6.60. The van der Waals surface area contributed by atoms with Crippen molar-refractivity contribution in [1.29, 1.82) is 0 Å². The molecule has 4 N–H and O–H groups in total. The molecule has 0 aromatic heterocycles. The van der Waals surface area contributed by atoms with Gasteiger partial charge in [-0.25, -0.2) is 18.5 Å².